The molecular weight excluding hydrogens is 292 g/mol. The summed E-state index contributed by atoms with van der Waals surface area (Å²) in [6.45, 7) is 2.03. The number of ether oxygens (including phenoxy) is 2. The van der Waals surface area contributed by atoms with E-state index in [-0.39, 0.29) is 6.03 Å². The highest BCUT2D eigenvalue weighted by atomic mass is 16.5. The number of hydrogen-bond donors (Lipinski definition) is 2. The summed E-state index contributed by atoms with van der Waals surface area (Å²) in [6.07, 6.45) is 3.42. The monoisotopic (exact) mass is 312 g/mol. The van der Waals surface area contributed by atoms with E-state index < -0.39 is 0 Å². The fraction of sp³-hybridized carbons (Fsp3) is 0.167. The molecule has 0 aromatic heterocycles. The maximum absolute atomic E-state index is 11.9. The van der Waals surface area contributed by atoms with Crippen LogP contribution in [0.25, 0.3) is 6.08 Å². The maximum atomic E-state index is 11.9. The maximum Gasteiger partial charge on any atom is 0.323 e. The van der Waals surface area contributed by atoms with Gasteiger partial charge in [0, 0.05) is 18.0 Å². The number of methoxy groups -OCH3 is 2. The van der Waals surface area contributed by atoms with Gasteiger partial charge in [0.15, 0.2) is 11.5 Å². The summed E-state index contributed by atoms with van der Waals surface area (Å²) in [4.78, 5) is 11.9. The SMILES string of the molecule is COc1ccc(NC(=O)N/C=C/c2ccc(C)cc2)cc1OC. The zero-order valence-corrected chi connectivity index (χ0v) is 13.4. The van der Waals surface area contributed by atoms with Crippen molar-refractivity contribution < 1.29 is 14.3 Å². The standard InChI is InChI=1S/C18H20N2O3/c1-13-4-6-14(7-5-13)10-11-19-18(21)20-15-8-9-16(22-2)17(12-15)23-3/h4-12H,1-3H3,(H2,19,20,21)/b11-10+. The molecule has 2 amide bonds. The first-order valence-electron chi connectivity index (χ1n) is 7.15. The number of rotatable bonds is 5. The van der Waals surface area contributed by atoms with Crippen LogP contribution in [0.2, 0.25) is 0 Å². The van der Waals surface area contributed by atoms with E-state index >= 15 is 0 Å². The smallest absolute Gasteiger partial charge is 0.323 e. The van der Waals surface area contributed by atoms with Gasteiger partial charge in [0.25, 0.3) is 0 Å². The number of aryl methyl sites for hydroxylation is 1. The van der Waals surface area contributed by atoms with Crippen LogP contribution in [-0.4, -0.2) is 20.3 Å². The number of anilines is 1. The molecule has 2 N–H and O–H groups in total. The zero-order chi connectivity index (χ0) is 16.7. The van der Waals surface area contributed by atoms with Crippen LogP contribution in [0.1, 0.15) is 11.1 Å². The van der Waals surface area contributed by atoms with Gasteiger partial charge in [0.1, 0.15) is 0 Å². The van der Waals surface area contributed by atoms with Gasteiger partial charge >= 0.3 is 6.03 Å². The molecular formula is C18H20N2O3. The molecule has 2 rings (SSSR count). The molecule has 0 aliphatic heterocycles. The lowest BCUT2D eigenvalue weighted by Gasteiger charge is -2.10. The highest BCUT2D eigenvalue weighted by Gasteiger charge is 2.06. The highest BCUT2D eigenvalue weighted by Crippen LogP contribution is 2.29. The fourth-order valence-corrected chi connectivity index (χ4v) is 1.97. The van der Waals surface area contributed by atoms with Crippen molar-refractivity contribution in [3.8, 4) is 11.5 Å². The number of urea groups is 1. The van der Waals surface area contributed by atoms with Gasteiger partial charge in [-0.15, -0.1) is 0 Å². The third-order valence-electron chi connectivity index (χ3n) is 3.21. The van der Waals surface area contributed by atoms with Gasteiger partial charge in [0.05, 0.1) is 14.2 Å². The fourth-order valence-electron chi connectivity index (χ4n) is 1.97. The molecule has 0 aliphatic rings. The number of carbonyl (C=O) groups is 1. The average molecular weight is 312 g/mol. The Labute approximate surface area is 135 Å². The number of hydrogen-bond acceptors (Lipinski definition) is 3. The van der Waals surface area contributed by atoms with E-state index in [1.807, 2.05) is 37.3 Å². The molecule has 0 unspecified atom stereocenters. The highest BCUT2D eigenvalue weighted by molar-refractivity contribution is 5.90. The Morgan fingerprint density at radius 3 is 2.35 bits per heavy atom. The summed E-state index contributed by atoms with van der Waals surface area (Å²) in [6, 6.07) is 12.8. The summed E-state index contributed by atoms with van der Waals surface area (Å²) in [7, 11) is 3.11. The van der Waals surface area contributed by atoms with Crippen LogP contribution >= 0.6 is 0 Å². The second kappa shape index (κ2) is 7.89. The van der Waals surface area contributed by atoms with Gasteiger partial charge in [-0.1, -0.05) is 29.8 Å². The minimum atomic E-state index is -0.333. The van der Waals surface area contributed by atoms with Crippen molar-refractivity contribution >= 4 is 17.8 Å². The van der Waals surface area contributed by atoms with E-state index in [0.29, 0.717) is 17.2 Å². The van der Waals surface area contributed by atoms with Crippen LogP contribution in [0, 0.1) is 6.92 Å². The second-order valence-corrected chi connectivity index (χ2v) is 4.91. The Bertz CT molecular complexity index is 694. The van der Waals surface area contributed by atoms with E-state index in [4.69, 9.17) is 9.47 Å². The second-order valence-electron chi connectivity index (χ2n) is 4.91. The minimum Gasteiger partial charge on any atom is -0.493 e. The molecule has 2 aromatic rings. The average Bonchev–Trinajstić information content (AvgIpc) is 2.56. The topological polar surface area (TPSA) is 59.6 Å². The molecule has 0 fully saturated rings. The predicted molar refractivity (Wildman–Crippen MR) is 91.9 cm³/mol. The van der Waals surface area contributed by atoms with Gasteiger partial charge in [-0.25, -0.2) is 4.79 Å². The lowest BCUT2D eigenvalue weighted by atomic mass is 10.1. The Morgan fingerprint density at radius 2 is 1.70 bits per heavy atom. The third-order valence-corrected chi connectivity index (χ3v) is 3.21. The van der Waals surface area contributed by atoms with Gasteiger partial charge in [-0.05, 0) is 30.7 Å². The van der Waals surface area contributed by atoms with E-state index in [9.17, 15) is 4.79 Å². The minimum absolute atomic E-state index is 0.333. The first kappa shape index (κ1) is 16.4. The summed E-state index contributed by atoms with van der Waals surface area (Å²) in [5, 5.41) is 5.38. The van der Waals surface area contributed by atoms with Crippen LogP contribution in [0.5, 0.6) is 11.5 Å². The van der Waals surface area contributed by atoms with Crippen molar-refractivity contribution in [2.45, 2.75) is 6.92 Å². The molecule has 23 heavy (non-hydrogen) atoms. The molecule has 0 heterocycles. The molecule has 120 valence electrons. The van der Waals surface area contributed by atoms with Crippen LogP contribution in [0.4, 0.5) is 10.5 Å². The Morgan fingerprint density at radius 1 is 1.00 bits per heavy atom. The summed E-state index contributed by atoms with van der Waals surface area (Å²) >= 11 is 0. The van der Waals surface area contributed by atoms with Crippen LogP contribution < -0.4 is 20.1 Å². The summed E-state index contributed by atoms with van der Waals surface area (Å²) in [5.41, 5.74) is 2.83. The van der Waals surface area contributed by atoms with E-state index in [1.54, 1.807) is 38.6 Å². The predicted octanol–water partition coefficient (Wildman–Crippen LogP) is 3.80. The van der Waals surface area contributed by atoms with Crippen molar-refractivity contribution in [3.63, 3.8) is 0 Å². The van der Waals surface area contributed by atoms with Gasteiger partial charge in [0.2, 0.25) is 0 Å². The van der Waals surface area contributed by atoms with Gasteiger partial charge in [-0.2, -0.15) is 0 Å². The van der Waals surface area contributed by atoms with Crippen LogP contribution in [0.15, 0.2) is 48.7 Å². The molecule has 0 spiro atoms. The normalized spacial score (nSPS) is 10.4. The van der Waals surface area contributed by atoms with Crippen molar-refractivity contribution in [1.29, 1.82) is 0 Å². The molecule has 2 aromatic carbocycles. The zero-order valence-electron chi connectivity index (χ0n) is 13.4. The summed E-state index contributed by atoms with van der Waals surface area (Å²) < 4.78 is 10.4. The molecule has 0 saturated heterocycles. The quantitative estimate of drug-likeness (QED) is 0.882. The largest absolute Gasteiger partial charge is 0.493 e. The number of carbonyl (C=O) groups excluding carboxylic acids is 1. The van der Waals surface area contributed by atoms with E-state index in [1.165, 1.54) is 5.56 Å². The number of amides is 2. The molecule has 5 heteroatoms. The van der Waals surface area contributed by atoms with Crippen molar-refractivity contribution in [3.05, 3.63) is 59.8 Å². The first-order chi connectivity index (χ1) is 11.1. The Hall–Kier alpha value is -2.95. The van der Waals surface area contributed by atoms with Crippen molar-refractivity contribution in [2.75, 3.05) is 19.5 Å². The summed E-state index contributed by atoms with van der Waals surface area (Å²) in [5.74, 6) is 1.17. The molecule has 5 nitrogen and oxygen atoms in total. The Kier molecular flexibility index (Phi) is 5.63. The molecule has 0 aliphatic carbocycles. The van der Waals surface area contributed by atoms with E-state index in [2.05, 4.69) is 10.6 Å². The Balaban J connectivity index is 1.93. The lowest BCUT2D eigenvalue weighted by Crippen LogP contribution is -2.23. The van der Waals surface area contributed by atoms with Crippen molar-refractivity contribution in [2.24, 2.45) is 0 Å². The van der Waals surface area contributed by atoms with Crippen LogP contribution in [0.3, 0.4) is 0 Å². The first-order valence-corrected chi connectivity index (χ1v) is 7.15. The van der Waals surface area contributed by atoms with Crippen LogP contribution in [-0.2, 0) is 0 Å². The molecule has 0 radical (unpaired) electrons. The third kappa shape index (κ3) is 4.78. The molecule has 0 atom stereocenters. The van der Waals surface area contributed by atoms with Crippen molar-refractivity contribution in [1.82, 2.24) is 5.32 Å². The van der Waals surface area contributed by atoms with E-state index in [0.717, 1.165) is 5.56 Å². The van der Waals surface area contributed by atoms with Gasteiger partial charge < -0.3 is 20.1 Å². The lowest BCUT2D eigenvalue weighted by molar-refractivity contribution is 0.255. The molecule has 0 saturated carbocycles. The number of benzene rings is 2. The molecule has 0 bridgehead atoms. The van der Waals surface area contributed by atoms with Gasteiger partial charge in [-0.3, -0.25) is 0 Å². The number of nitrogens with one attached hydrogen (secondary N) is 2.